The zero-order valence-electron chi connectivity index (χ0n) is 9.33. The molecule has 0 spiro atoms. The molecule has 0 saturated carbocycles. The molecule has 0 rings (SSSR count). The lowest BCUT2D eigenvalue weighted by molar-refractivity contribution is -0.152. The van der Waals surface area contributed by atoms with E-state index in [1.54, 1.807) is 25.9 Å². The van der Waals surface area contributed by atoms with Gasteiger partial charge in [0, 0.05) is 6.04 Å². The minimum absolute atomic E-state index is 0.0417. The van der Waals surface area contributed by atoms with Crippen molar-refractivity contribution in [3.8, 4) is 0 Å². The number of aliphatic carboxylic acids is 1. The Labute approximate surface area is 80.1 Å². The van der Waals surface area contributed by atoms with Crippen molar-refractivity contribution in [2.45, 2.75) is 25.4 Å². The van der Waals surface area contributed by atoms with Gasteiger partial charge in [-0.15, -0.1) is 0 Å². The summed E-state index contributed by atoms with van der Waals surface area (Å²) in [6, 6.07) is -0.0417. The standard InChI is InChI=1S/C9H20N2O2/c1-7(10(3)4)9(2,8(12)13)11(5)6/h7H,1-6H3,(H,12,13). The highest BCUT2D eigenvalue weighted by atomic mass is 16.4. The summed E-state index contributed by atoms with van der Waals surface area (Å²) in [6.07, 6.45) is 0. The van der Waals surface area contributed by atoms with Gasteiger partial charge in [-0.3, -0.25) is 9.69 Å². The summed E-state index contributed by atoms with van der Waals surface area (Å²) in [7, 11) is 7.34. The molecule has 4 nitrogen and oxygen atoms in total. The molecule has 0 aromatic carbocycles. The minimum Gasteiger partial charge on any atom is -0.480 e. The molecule has 0 radical (unpaired) electrons. The van der Waals surface area contributed by atoms with Crippen LogP contribution in [0.5, 0.6) is 0 Å². The van der Waals surface area contributed by atoms with E-state index in [4.69, 9.17) is 5.11 Å². The first-order valence-electron chi connectivity index (χ1n) is 4.31. The number of hydrogen-bond donors (Lipinski definition) is 1. The second-order valence-corrected chi connectivity index (χ2v) is 3.99. The van der Waals surface area contributed by atoms with E-state index in [9.17, 15) is 4.79 Å². The first kappa shape index (κ1) is 12.4. The lowest BCUT2D eigenvalue weighted by Crippen LogP contribution is -2.60. The number of carbonyl (C=O) groups is 1. The van der Waals surface area contributed by atoms with E-state index in [1.807, 2.05) is 25.9 Å². The lowest BCUT2D eigenvalue weighted by atomic mass is 9.91. The Balaban J connectivity index is 4.90. The van der Waals surface area contributed by atoms with Crippen LogP contribution in [0, 0.1) is 0 Å². The van der Waals surface area contributed by atoms with Gasteiger partial charge in [0.05, 0.1) is 0 Å². The van der Waals surface area contributed by atoms with Crippen LogP contribution in [0.1, 0.15) is 13.8 Å². The Morgan fingerprint density at radius 3 is 1.77 bits per heavy atom. The summed E-state index contributed by atoms with van der Waals surface area (Å²) < 4.78 is 0. The van der Waals surface area contributed by atoms with E-state index in [0.29, 0.717) is 0 Å². The monoisotopic (exact) mass is 188 g/mol. The van der Waals surface area contributed by atoms with Gasteiger partial charge in [0.2, 0.25) is 0 Å². The van der Waals surface area contributed by atoms with Crippen LogP contribution in [0.2, 0.25) is 0 Å². The largest absolute Gasteiger partial charge is 0.480 e. The van der Waals surface area contributed by atoms with Crippen LogP contribution in [0.15, 0.2) is 0 Å². The maximum atomic E-state index is 11.1. The van der Waals surface area contributed by atoms with Crippen LogP contribution < -0.4 is 0 Å². The normalized spacial score (nSPS) is 18.8. The summed E-state index contributed by atoms with van der Waals surface area (Å²) in [4.78, 5) is 14.8. The Bertz CT molecular complexity index is 192. The van der Waals surface area contributed by atoms with Gasteiger partial charge in [-0.2, -0.15) is 0 Å². The molecule has 0 aliphatic carbocycles. The van der Waals surface area contributed by atoms with Crippen LogP contribution in [0.25, 0.3) is 0 Å². The molecule has 4 heteroatoms. The lowest BCUT2D eigenvalue weighted by Gasteiger charge is -2.40. The van der Waals surface area contributed by atoms with Gasteiger partial charge in [-0.1, -0.05) is 0 Å². The summed E-state index contributed by atoms with van der Waals surface area (Å²) in [5.74, 6) is -0.793. The quantitative estimate of drug-likeness (QED) is 0.691. The van der Waals surface area contributed by atoms with Crippen molar-refractivity contribution in [2.75, 3.05) is 28.2 Å². The van der Waals surface area contributed by atoms with E-state index in [2.05, 4.69) is 0 Å². The third kappa shape index (κ3) is 2.19. The van der Waals surface area contributed by atoms with Crippen LogP contribution in [-0.2, 0) is 4.79 Å². The number of carboxylic acids is 1. The van der Waals surface area contributed by atoms with Gasteiger partial charge < -0.3 is 10.0 Å². The van der Waals surface area contributed by atoms with Crippen molar-refractivity contribution in [3.05, 3.63) is 0 Å². The average Bonchev–Trinajstić information content (AvgIpc) is 2.00. The van der Waals surface area contributed by atoms with Gasteiger partial charge in [-0.05, 0) is 42.0 Å². The van der Waals surface area contributed by atoms with Crippen LogP contribution in [0.4, 0.5) is 0 Å². The van der Waals surface area contributed by atoms with Crippen LogP contribution in [-0.4, -0.2) is 60.6 Å². The molecule has 0 bridgehead atoms. The second kappa shape index (κ2) is 4.07. The van der Waals surface area contributed by atoms with Crippen molar-refractivity contribution in [3.63, 3.8) is 0 Å². The zero-order chi connectivity index (χ0) is 10.8. The molecule has 0 aliphatic rings. The number of carboxylic acid groups (broad SMARTS) is 1. The highest BCUT2D eigenvalue weighted by Gasteiger charge is 2.42. The Morgan fingerprint density at radius 1 is 1.31 bits per heavy atom. The van der Waals surface area contributed by atoms with E-state index < -0.39 is 11.5 Å². The predicted octanol–water partition coefficient (Wildman–Crippen LogP) is 0.341. The molecular weight excluding hydrogens is 168 g/mol. The Morgan fingerprint density at radius 2 is 1.69 bits per heavy atom. The number of rotatable bonds is 4. The summed E-state index contributed by atoms with van der Waals surface area (Å²) in [6.45, 7) is 3.65. The topological polar surface area (TPSA) is 43.8 Å². The van der Waals surface area contributed by atoms with E-state index >= 15 is 0 Å². The molecule has 13 heavy (non-hydrogen) atoms. The fourth-order valence-corrected chi connectivity index (χ4v) is 1.25. The zero-order valence-corrected chi connectivity index (χ0v) is 9.33. The van der Waals surface area contributed by atoms with Crippen LogP contribution >= 0.6 is 0 Å². The number of likely N-dealkylation sites (N-methyl/N-ethyl adjacent to an activating group) is 2. The smallest absolute Gasteiger partial charge is 0.325 e. The highest BCUT2D eigenvalue weighted by Crippen LogP contribution is 2.19. The predicted molar refractivity (Wildman–Crippen MR) is 52.9 cm³/mol. The van der Waals surface area contributed by atoms with Gasteiger partial charge in [0.25, 0.3) is 0 Å². The minimum atomic E-state index is -0.844. The molecule has 1 N–H and O–H groups in total. The van der Waals surface area contributed by atoms with Crippen molar-refractivity contribution < 1.29 is 9.90 Å². The maximum Gasteiger partial charge on any atom is 0.325 e. The molecule has 0 amide bonds. The summed E-state index contributed by atoms with van der Waals surface area (Å²) in [5, 5.41) is 9.15. The SMILES string of the molecule is CC(N(C)C)C(C)(C(=O)O)N(C)C. The Hall–Kier alpha value is -0.610. The van der Waals surface area contributed by atoms with Crippen molar-refractivity contribution in [1.82, 2.24) is 9.80 Å². The van der Waals surface area contributed by atoms with Gasteiger partial charge in [0.15, 0.2) is 0 Å². The molecule has 0 aromatic rings. The van der Waals surface area contributed by atoms with Crippen LogP contribution in [0.3, 0.4) is 0 Å². The molecule has 0 heterocycles. The molecule has 0 aromatic heterocycles. The molecule has 2 unspecified atom stereocenters. The number of hydrogen-bond acceptors (Lipinski definition) is 3. The fraction of sp³-hybridized carbons (Fsp3) is 0.889. The number of nitrogens with zero attached hydrogens (tertiary/aromatic N) is 2. The third-order valence-corrected chi connectivity index (χ3v) is 2.95. The first-order chi connectivity index (χ1) is 5.74. The van der Waals surface area contributed by atoms with Gasteiger partial charge in [0.1, 0.15) is 5.54 Å². The Kier molecular flexibility index (Phi) is 3.88. The average molecular weight is 188 g/mol. The molecular formula is C9H20N2O2. The van der Waals surface area contributed by atoms with Gasteiger partial charge in [-0.25, -0.2) is 0 Å². The van der Waals surface area contributed by atoms with Crippen molar-refractivity contribution in [1.29, 1.82) is 0 Å². The second-order valence-electron chi connectivity index (χ2n) is 3.99. The van der Waals surface area contributed by atoms with Gasteiger partial charge >= 0.3 is 5.97 Å². The third-order valence-electron chi connectivity index (χ3n) is 2.95. The molecule has 0 fully saturated rings. The fourth-order valence-electron chi connectivity index (χ4n) is 1.25. The molecule has 78 valence electrons. The molecule has 0 aliphatic heterocycles. The van der Waals surface area contributed by atoms with Crippen molar-refractivity contribution in [2.24, 2.45) is 0 Å². The highest BCUT2D eigenvalue weighted by molar-refractivity contribution is 5.79. The van der Waals surface area contributed by atoms with Crippen molar-refractivity contribution >= 4 is 5.97 Å². The molecule has 2 atom stereocenters. The molecule has 0 saturated heterocycles. The summed E-state index contributed by atoms with van der Waals surface area (Å²) in [5.41, 5.74) is -0.844. The van der Waals surface area contributed by atoms with E-state index in [-0.39, 0.29) is 6.04 Å². The maximum absolute atomic E-state index is 11.1. The summed E-state index contributed by atoms with van der Waals surface area (Å²) >= 11 is 0. The van der Waals surface area contributed by atoms with E-state index in [0.717, 1.165) is 0 Å². The van der Waals surface area contributed by atoms with E-state index in [1.165, 1.54) is 0 Å². The first-order valence-corrected chi connectivity index (χ1v) is 4.31.